The molecule has 24 heavy (non-hydrogen) atoms. The first-order valence-corrected chi connectivity index (χ1v) is 7.15. The van der Waals surface area contributed by atoms with Gasteiger partial charge in [-0.15, -0.1) is 0 Å². The lowest BCUT2D eigenvalue weighted by atomic mass is 10.1. The van der Waals surface area contributed by atoms with Gasteiger partial charge in [-0.05, 0) is 29.8 Å². The van der Waals surface area contributed by atoms with Crippen molar-refractivity contribution in [2.75, 3.05) is 20.8 Å². The molecule has 2 aromatic carbocycles. The molecular formula is C17H19NO6. The van der Waals surface area contributed by atoms with E-state index in [0.717, 1.165) is 6.07 Å². The third-order valence-corrected chi connectivity index (χ3v) is 3.41. The summed E-state index contributed by atoms with van der Waals surface area (Å²) >= 11 is 0. The van der Waals surface area contributed by atoms with Gasteiger partial charge in [-0.1, -0.05) is 6.07 Å². The molecule has 128 valence electrons. The van der Waals surface area contributed by atoms with E-state index < -0.39 is 12.0 Å². The van der Waals surface area contributed by atoms with Gasteiger partial charge in [0.1, 0.15) is 11.5 Å². The minimum absolute atomic E-state index is 0.0509. The lowest BCUT2D eigenvalue weighted by molar-refractivity contribution is 0.0915. The number of carbonyl (C=O) groups is 1. The zero-order valence-electron chi connectivity index (χ0n) is 13.3. The zero-order valence-corrected chi connectivity index (χ0v) is 13.3. The number of aromatic hydroxyl groups is 2. The van der Waals surface area contributed by atoms with Gasteiger partial charge in [0.2, 0.25) is 0 Å². The van der Waals surface area contributed by atoms with Gasteiger partial charge in [0, 0.05) is 18.2 Å². The maximum absolute atomic E-state index is 12.0. The molecule has 2 aromatic rings. The number of aliphatic hydroxyl groups is 1. The Labute approximate surface area is 139 Å². The molecule has 0 aromatic heterocycles. The Morgan fingerprint density at radius 3 is 2.25 bits per heavy atom. The molecule has 0 heterocycles. The molecule has 7 nitrogen and oxygen atoms in total. The van der Waals surface area contributed by atoms with Gasteiger partial charge in [0.25, 0.3) is 5.91 Å². The van der Waals surface area contributed by atoms with Crippen molar-refractivity contribution < 1.29 is 29.6 Å². The van der Waals surface area contributed by atoms with E-state index in [1.807, 2.05) is 0 Å². The molecule has 0 aliphatic rings. The number of phenolic OH excluding ortho intramolecular Hbond substituents is 2. The molecule has 4 N–H and O–H groups in total. The Kier molecular flexibility index (Phi) is 5.49. The van der Waals surface area contributed by atoms with Crippen LogP contribution in [0, 0.1) is 0 Å². The van der Waals surface area contributed by atoms with E-state index in [2.05, 4.69) is 5.32 Å². The number of amides is 1. The van der Waals surface area contributed by atoms with E-state index >= 15 is 0 Å². The molecule has 0 aliphatic heterocycles. The highest BCUT2D eigenvalue weighted by atomic mass is 16.5. The van der Waals surface area contributed by atoms with Crippen molar-refractivity contribution >= 4 is 5.91 Å². The molecule has 1 unspecified atom stereocenters. The SMILES string of the molecule is COc1ccc(C(O)CNC(=O)c2cc(O)cc(O)c2)cc1OC. The van der Waals surface area contributed by atoms with Gasteiger partial charge in [-0.25, -0.2) is 0 Å². The standard InChI is InChI=1S/C17H19NO6/c1-23-15-4-3-10(7-16(15)24-2)14(21)9-18-17(22)11-5-12(19)8-13(20)6-11/h3-8,14,19-21H,9H2,1-2H3,(H,18,22). The minimum Gasteiger partial charge on any atom is -0.508 e. The maximum Gasteiger partial charge on any atom is 0.251 e. The van der Waals surface area contributed by atoms with Crippen molar-refractivity contribution in [3.63, 3.8) is 0 Å². The second kappa shape index (κ2) is 7.56. The summed E-state index contributed by atoms with van der Waals surface area (Å²) in [6, 6.07) is 8.51. The van der Waals surface area contributed by atoms with Crippen molar-refractivity contribution in [3.8, 4) is 23.0 Å². The first kappa shape index (κ1) is 17.4. The summed E-state index contributed by atoms with van der Waals surface area (Å²) in [6.07, 6.45) is -0.959. The first-order valence-electron chi connectivity index (χ1n) is 7.15. The lowest BCUT2D eigenvalue weighted by Crippen LogP contribution is -2.28. The molecule has 0 radical (unpaired) electrons. The molecule has 1 amide bonds. The van der Waals surface area contributed by atoms with Gasteiger partial charge in [-0.3, -0.25) is 4.79 Å². The largest absolute Gasteiger partial charge is 0.508 e. The summed E-state index contributed by atoms with van der Waals surface area (Å²) in [5, 5.41) is 31.5. The van der Waals surface area contributed by atoms with E-state index in [1.165, 1.54) is 26.4 Å². The molecule has 0 saturated carbocycles. The maximum atomic E-state index is 12.0. The van der Waals surface area contributed by atoms with Crippen LogP contribution in [0.15, 0.2) is 36.4 Å². The molecule has 0 saturated heterocycles. The van der Waals surface area contributed by atoms with Crippen molar-refractivity contribution in [2.45, 2.75) is 6.10 Å². The Morgan fingerprint density at radius 1 is 1.04 bits per heavy atom. The molecule has 7 heteroatoms. The lowest BCUT2D eigenvalue weighted by Gasteiger charge is -2.15. The van der Waals surface area contributed by atoms with Crippen LogP contribution in [0.1, 0.15) is 22.0 Å². The fourth-order valence-electron chi connectivity index (χ4n) is 2.20. The Hall–Kier alpha value is -2.93. The number of ether oxygens (including phenoxy) is 2. The smallest absolute Gasteiger partial charge is 0.251 e. The van der Waals surface area contributed by atoms with Crippen LogP contribution in [0.2, 0.25) is 0 Å². The molecule has 2 rings (SSSR count). The van der Waals surface area contributed by atoms with Gasteiger partial charge in [0.15, 0.2) is 11.5 Å². The van der Waals surface area contributed by atoms with Crippen LogP contribution in [0.3, 0.4) is 0 Å². The normalized spacial score (nSPS) is 11.6. The molecule has 0 fully saturated rings. The van der Waals surface area contributed by atoms with E-state index in [9.17, 15) is 20.1 Å². The highest BCUT2D eigenvalue weighted by Gasteiger charge is 2.14. The second-order valence-corrected chi connectivity index (χ2v) is 5.08. The van der Waals surface area contributed by atoms with Crippen LogP contribution in [-0.4, -0.2) is 42.0 Å². The van der Waals surface area contributed by atoms with Crippen LogP contribution >= 0.6 is 0 Å². The van der Waals surface area contributed by atoms with Crippen LogP contribution in [0.25, 0.3) is 0 Å². The number of hydrogen-bond acceptors (Lipinski definition) is 6. The third-order valence-electron chi connectivity index (χ3n) is 3.41. The number of aliphatic hydroxyl groups excluding tert-OH is 1. The molecule has 1 atom stereocenters. The van der Waals surface area contributed by atoms with E-state index in [-0.39, 0.29) is 23.6 Å². The Balaban J connectivity index is 2.04. The van der Waals surface area contributed by atoms with E-state index in [0.29, 0.717) is 17.1 Å². The number of nitrogens with one attached hydrogen (secondary N) is 1. The van der Waals surface area contributed by atoms with Crippen LogP contribution in [0.4, 0.5) is 0 Å². The van der Waals surface area contributed by atoms with Crippen LogP contribution in [0.5, 0.6) is 23.0 Å². The van der Waals surface area contributed by atoms with Crippen LogP contribution in [-0.2, 0) is 0 Å². The van der Waals surface area contributed by atoms with Crippen molar-refractivity contribution in [2.24, 2.45) is 0 Å². The molecule has 0 aliphatic carbocycles. The van der Waals surface area contributed by atoms with E-state index in [4.69, 9.17) is 9.47 Å². The number of methoxy groups -OCH3 is 2. The topological polar surface area (TPSA) is 108 Å². The zero-order chi connectivity index (χ0) is 17.7. The molecule has 0 bridgehead atoms. The number of rotatable bonds is 6. The molecule has 0 spiro atoms. The summed E-state index contributed by atoms with van der Waals surface area (Å²) in [5.41, 5.74) is 0.638. The predicted octanol–water partition coefficient (Wildman–Crippen LogP) is 1.58. The van der Waals surface area contributed by atoms with Crippen molar-refractivity contribution in [3.05, 3.63) is 47.5 Å². The number of carbonyl (C=O) groups excluding carboxylic acids is 1. The van der Waals surface area contributed by atoms with Crippen LogP contribution < -0.4 is 14.8 Å². The summed E-state index contributed by atoms with van der Waals surface area (Å²) in [5.74, 6) is 0.0351. The summed E-state index contributed by atoms with van der Waals surface area (Å²) in [6.45, 7) is -0.0509. The quantitative estimate of drug-likeness (QED) is 0.639. The van der Waals surface area contributed by atoms with Gasteiger partial charge < -0.3 is 30.1 Å². The average molecular weight is 333 g/mol. The van der Waals surface area contributed by atoms with E-state index in [1.54, 1.807) is 18.2 Å². The highest BCUT2D eigenvalue weighted by molar-refractivity contribution is 5.95. The highest BCUT2D eigenvalue weighted by Crippen LogP contribution is 2.29. The van der Waals surface area contributed by atoms with Crippen molar-refractivity contribution in [1.29, 1.82) is 0 Å². The van der Waals surface area contributed by atoms with Gasteiger partial charge in [0.05, 0.1) is 20.3 Å². The fraction of sp³-hybridized carbons (Fsp3) is 0.235. The predicted molar refractivity (Wildman–Crippen MR) is 86.6 cm³/mol. The molecular weight excluding hydrogens is 314 g/mol. The Bertz CT molecular complexity index is 711. The van der Waals surface area contributed by atoms with Gasteiger partial charge in [-0.2, -0.15) is 0 Å². The average Bonchev–Trinajstić information content (AvgIpc) is 2.57. The third kappa shape index (κ3) is 4.08. The fourth-order valence-corrected chi connectivity index (χ4v) is 2.20. The number of hydrogen-bond donors (Lipinski definition) is 4. The monoisotopic (exact) mass is 333 g/mol. The van der Waals surface area contributed by atoms with Gasteiger partial charge >= 0.3 is 0 Å². The number of phenols is 2. The summed E-state index contributed by atoms with van der Waals surface area (Å²) in [7, 11) is 3.00. The first-order chi connectivity index (χ1) is 11.4. The Morgan fingerprint density at radius 2 is 1.67 bits per heavy atom. The second-order valence-electron chi connectivity index (χ2n) is 5.08. The minimum atomic E-state index is -0.959. The summed E-state index contributed by atoms with van der Waals surface area (Å²) in [4.78, 5) is 12.0. The van der Waals surface area contributed by atoms with Crippen molar-refractivity contribution in [1.82, 2.24) is 5.32 Å². The summed E-state index contributed by atoms with van der Waals surface area (Å²) < 4.78 is 10.3. The number of benzene rings is 2.